The average Bonchev–Trinajstić information content (AvgIpc) is 3.08. The van der Waals surface area contributed by atoms with Gasteiger partial charge in [-0.15, -0.1) is 0 Å². The quantitative estimate of drug-likeness (QED) is 0.742. The summed E-state index contributed by atoms with van der Waals surface area (Å²) in [6, 6.07) is 9.66. The lowest BCUT2D eigenvalue weighted by Crippen LogP contribution is -2.15. The summed E-state index contributed by atoms with van der Waals surface area (Å²) in [5, 5.41) is 10.9. The first kappa shape index (κ1) is 16.3. The Morgan fingerprint density at radius 2 is 1.92 bits per heavy atom. The maximum atomic E-state index is 12.5. The van der Waals surface area contributed by atoms with E-state index in [0.717, 1.165) is 5.56 Å². The van der Waals surface area contributed by atoms with Gasteiger partial charge in [-0.05, 0) is 31.9 Å². The third kappa shape index (κ3) is 3.18. The second-order valence-corrected chi connectivity index (χ2v) is 7.31. The van der Waals surface area contributed by atoms with Gasteiger partial charge in [-0.25, -0.2) is 8.42 Å². The lowest BCUT2D eigenvalue weighted by atomic mass is 10.1. The molecule has 7 nitrogen and oxygen atoms in total. The molecule has 0 fully saturated rings. The van der Waals surface area contributed by atoms with E-state index in [1.165, 1.54) is 5.56 Å². The third-order valence-corrected chi connectivity index (χ3v) is 5.42. The highest BCUT2D eigenvalue weighted by atomic mass is 32.2. The number of hydrogen-bond donors (Lipinski definition) is 2. The molecule has 0 aliphatic rings. The van der Waals surface area contributed by atoms with Crippen molar-refractivity contribution in [1.29, 1.82) is 0 Å². The molecule has 2 aromatic heterocycles. The van der Waals surface area contributed by atoms with Gasteiger partial charge in [0, 0.05) is 12.3 Å². The van der Waals surface area contributed by atoms with Crippen LogP contribution in [0.1, 0.15) is 22.5 Å². The number of rotatable bonds is 5. The monoisotopic (exact) mass is 345 g/mol. The van der Waals surface area contributed by atoms with Gasteiger partial charge < -0.3 is 0 Å². The zero-order chi connectivity index (χ0) is 17.3. The van der Waals surface area contributed by atoms with E-state index in [4.69, 9.17) is 0 Å². The number of anilines is 1. The average molecular weight is 345 g/mol. The van der Waals surface area contributed by atoms with Gasteiger partial charge in [0.2, 0.25) is 0 Å². The van der Waals surface area contributed by atoms with Crippen LogP contribution in [0.5, 0.6) is 0 Å². The number of H-pyrrole nitrogens is 1. The van der Waals surface area contributed by atoms with Crippen LogP contribution in [0, 0.1) is 20.8 Å². The number of nitrogens with zero attached hydrogens (tertiary/aromatic N) is 3. The summed E-state index contributed by atoms with van der Waals surface area (Å²) < 4.78 is 29.2. The number of nitrogens with one attached hydrogen (secondary N) is 2. The van der Waals surface area contributed by atoms with Crippen LogP contribution in [0.15, 0.2) is 41.4 Å². The lowest BCUT2D eigenvalue weighted by molar-refractivity contribution is 0.599. The van der Waals surface area contributed by atoms with E-state index >= 15 is 0 Å². The molecule has 1 aromatic carbocycles. The fraction of sp³-hybridized carbons (Fsp3) is 0.250. The third-order valence-electron chi connectivity index (χ3n) is 3.80. The van der Waals surface area contributed by atoms with Crippen LogP contribution < -0.4 is 4.72 Å². The molecular weight excluding hydrogens is 326 g/mol. The number of hydrogen-bond acceptors (Lipinski definition) is 4. The molecule has 3 rings (SSSR count). The zero-order valence-corrected chi connectivity index (χ0v) is 14.6. The Morgan fingerprint density at radius 1 is 1.17 bits per heavy atom. The molecule has 2 N–H and O–H groups in total. The fourth-order valence-corrected chi connectivity index (χ4v) is 3.96. The van der Waals surface area contributed by atoms with E-state index < -0.39 is 10.0 Å². The Kier molecular flexibility index (Phi) is 4.15. The molecule has 0 amide bonds. The zero-order valence-electron chi connectivity index (χ0n) is 13.7. The van der Waals surface area contributed by atoms with Crippen molar-refractivity contribution in [1.82, 2.24) is 20.0 Å². The summed E-state index contributed by atoms with van der Waals surface area (Å²) in [5.41, 5.74) is 3.23. The Hall–Kier alpha value is -2.61. The van der Waals surface area contributed by atoms with Crippen LogP contribution in [-0.2, 0) is 16.6 Å². The predicted octanol–water partition coefficient (Wildman–Crippen LogP) is 2.38. The van der Waals surface area contributed by atoms with E-state index in [9.17, 15) is 8.42 Å². The van der Waals surface area contributed by atoms with Crippen LogP contribution >= 0.6 is 0 Å². The topological polar surface area (TPSA) is 92.7 Å². The van der Waals surface area contributed by atoms with E-state index in [1.54, 1.807) is 30.8 Å². The van der Waals surface area contributed by atoms with Crippen molar-refractivity contribution in [3.63, 3.8) is 0 Å². The Balaban J connectivity index is 1.80. The van der Waals surface area contributed by atoms with E-state index in [0.29, 0.717) is 17.9 Å². The molecule has 0 radical (unpaired) electrons. The molecule has 0 atom stereocenters. The van der Waals surface area contributed by atoms with Gasteiger partial charge in [0.05, 0.1) is 17.9 Å². The Labute approximate surface area is 140 Å². The lowest BCUT2D eigenvalue weighted by Gasteiger charge is -2.07. The minimum absolute atomic E-state index is 0.163. The van der Waals surface area contributed by atoms with Gasteiger partial charge in [-0.3, -0.25) is 14.5 Å². The van der Waals surface area contributed by atoms with Gasteiger partial charge in [0.25, 0.3) is 10.0 Å². The highest BCUT2D eigenvalue weighted by Gasteiger charge is 2.23. The maximum absolute atomic E-state index is 12.5. The maximum Gasteiger partial charge on any atom is 0.266 e. The molecule has 0 saturated carbocycles. The predicted molar refractivity (Wildman–Crippen MR) is 91.4 cm³/mol. The highest BCUT2D eigenvalue weighted by Crippen LogP contribution is 2.20. The van der Waals surface area contributed by atoms with Crippen LogP contribution in [-0.4, -0.2) is 28.4 Å². The minimum Gasteiger partial charge on any atom is -0.281 e. The summed E-state index contributed by atoms with van der Waals surface area (Å²) >= 11 is 0. The summed E-state index contributed by atoms with van der Waals surface area (Å²) in [6.07, 6.45) is 1.75. The molecule has 0 aliphatic heterocycles. The molecule has 3 aromatic rings. The number of aromatic amines is 1. The Morgan fingerprint density at radius 3 is 2.58 bits per heavy atom. The highest BCUT2D eigenvalue weighted by molar-refractivity contribution is 7.92. The first-order valence-electron chi connectivity index (χ1n) is 7.49. The van der Waals surface area contributed by atoms with E-state index in [2.05, 4.69) is 20.0 Å². The molecule has 126 valence electrons. The molecular formula is C16H19N5O2S. The van der Waals surface area contributed by atoms with Gasteiger partial charge in [-0.1, -0.05) is 24.3 Å². The Bertz CT molecular complexity index is 953. The normalized spacial score (nSPS) is 11.6. The smallest absolute Gasteiger partial charge is 0.266 e. The second kappa shape index (κ2) is 6.12. The van der Waals surface area contributed by atoms with Crippen molar-refractivity contribution in [2.45, 2.75) is 32.2 Å². The van der Waals surface area contributed by atoms with Crippen LogP contribution in [0.25, 0.3) is 0 Å². The summed E-state index contributed by atoms with van der Waals surface area (Å²) in [6.45, 7) is 5.94. The number of aryl methyl sites for hydroxylation is 3. The van der Waals surface area contributed by atoms with Crippen molar-refractivity contribution < 1.29 is 8.42 Å². The van der Waals surface area contributed by atoms with Crippen molar-refractivity contribution in [3.05, 3.63) is 59.0 Å². The summed E-state index contributed by atoms with van der Waals surface area (Å²) in [7, 11) is -3.72. The van der Waals surface area contributed by atoms with Gasteiger partial charge in [-0.2, -0.15) is 10.2 Å². The summed E-state index contributed by atoms with van der Waals surface area (Å²) in [4.78, 5) is 0.163. The molecule has 24 heavy (non-hydrogen) atoms. The molecule has 2 heterocycles. The van der Waals surface area contributed by atoms with Crippen molar-refractivity contribution in [3.8, 4) is 0 Å². The first-order valence-corrected chi connectivity index (χ1v) is 8.97. The fourth-order valence-electron chi connectivity index (χ4n) is 2.59. The first-order chi connectivity index (χ1) is 11.4. The van der Waals surface area contributed by atoms with Crippen LogP contribution in [0.3, 0.4) is 0 Å². The molecule has 0 unspecified atom stereocenters. The van der Waals surface area contributed by atoms with Gasteiger partial charge in [0.1, 0.15) is 4.90 Å². The molecule has 0 saturated heterocycles. The van der Waals surface area contributed by atoms with E-state index in [-0.39, 0.29) is 10.7 Å². The largest absolute Gasteiger partial charge is 0.281 e. The molecule has 0 spiro atoms. The van der Waals surface area contributed by atoms with E-state index in [1.807, 2.05) is 31.2 Å². The van der Waals surface area contributed by atoms with Crippen LogP contribution in [0.4, 0.5) is 5.82 Å². The number of benzene rings is 1. The van der Waals surface area contributed by atoms with Gasteiger partial charge >= 0.3 is 0 Å². The minimum atomic E-state index is -3.72. The second-order valence-electron chi connectivity index (χ2n) is 5.69. The van der Waals surface area contributed by atoms with Crippen molar-refractivity contribution in [2.75, 3.05) is 4.72 Å². The van der Waals surface area contributed by atoms with Crippen LogP contribution in [0.2, 0.25) is 0 Å². The molecule has 8 heteroatoms. The molecule has 0 bridgehead atoms. The van der Waals surface area contributed by atoms with Crippen molar-refractivity contribution in [2.24, 2.45) is 0 Å². The summed E-state index contributed by atoms with van der Waals surface area (Å²) in [5.74, 6) is 0.281. The standard InChI is InChI=1S/C16H19N5O2S/c1-11-6-4-5-7-14(11)10-21-9-8-15(19-21)20-24(22,23)16-12(2)17-18-13(16)3/h4-9H,10H2,1-3H3,(H,17,18)(H,19,20). The number of sulfonamides is 1. The SMILES string of the molecule is Cc1ccccc1Cn1ccc(NS(=O)(=O)c2c(C)n[nH]c2C)n1. The van der Waals surface area contributed by atoms with Crippen molar-refractivity contribution >= 4 is 15.8 Å². The van der Waals surface area contributed by atoms with Gasteiger partial charge in [0.15, 0.2) is 5.82 Å². The number of aromatic nitrogens is 4. The molecule has 0 aliphatic carbocycles.